The number of aryl methyl sites for hydroxylation is 3. The number of aromatic nitrogens is 2. The molecule has 2 aromatic carbocycles. The highest BCUT2D eigenvalue weighted by atomic mass is 19.1. The van der Waals surface area contributed by atoms with Crippen molar-refractivity contribution in [3.8, 4) is 11.4 Å². The lowest BCUT2D eigenvalue weighted by molar-refractivity contribution is 0.619. The highest BCUT2D eigenvalue weighted by Gasteiger charge is 2.08. The number of aromatic amines is 1. The van der Waals surface area contributed by atoms with Gasteiger partial charge in [0.2, 0.25) is 0 Å². The Kier molecular flexibility index (Phi) is 2.63. The van der Waals surface area contributed by atoms with Gasteiger partial charge in [-0.05, 0) is 55.7 Å². The van der Waals surface area contributed by atoms with Crippen LogP contribution >= 0.6 is 0 Å². The average molecular weight is 254 g/mol. The highest BCUT2D eigenvalue weighted by molar-refractivity contribution is 5.81. The van der Waals surface area contributed by atoms with Crippen LogP contribution in [0.2, 0.25) is 0 Å². The van der Waals surface area contributed by atoms with Gasteiger partial charge in [-0.2, -0.15) is 0 Å². The summed E-state index contributed by atoms with van der Waals surface area (Å²) in [6, 6.07) is 9.30. The molecule has 2 nitrogen and oxygen atoms in total. The van der Waals surface area contributed by atoms with Crippen LogP contribution in [0.1, 0.15) is 16.7 Å². The van der Waals surface area contributed by atoms with Gasteiger partial charge in [-0.3, -0.25) is 0 Å². The molecule has 1 heterocycles. The molecule has 3 heteroatoms. The zero-order valence-electron chi connectivity index (χ0n) is 11.2. The Bertz CT molecular complexity index is 733. The fourth-order valence-electron chi connectivity index (χ4n) is 2.15. The molecule has 0 bridgehead atoms. The van der Waals surface area contributed by atoms with E-state index in [1.54, 1.807) is 13.0 Å². The SMILES string of the molecule is Cc1cc2nc(-c3ccc(C)c(F)c3)[nH]c2cc1C. The first-order valence-electron chi connectivity index (χ1n) is 6.28. The monoisotopic (exact) mass is 254 g/mol. The van der Waals surface area contributed by atoms with E-state index in [1.807, 2.05) is 6.07 Å². The van der Waals surface area contributed by atoms with Crippen molar-refractivity contribution in [3.63, 3.8) is 0 Å². The molecule has 0 atom stereocenters. The van der Waals surface area contributed by atoms with E-state index >= 15 is 0 Å². The van der Waals surface area contributed by atoms with Crippen molar-refractivity contribution in [3.05, 3.63) is 52.8 Å². The third-order valence-corrected chi connectivity index (χ3v) is 3.54. The van der Waals surface area contributed by atoms with Gasteiger partial charge in [-0.25, -0.2) is 9.37 Å². The van der Waals surface area contributed by atoms with E-state index in [0.29, 0.717) is 11.4 Å². The first kappa shape index (κ1) is 11.9. The Labute approximate surface area is 111 Å². The van der Waals surface area contributed by atoms with Crippen LogP contribution < -0.4 is 0 Å². The predicted octanol–water partition coefficient (Wildman–Crippen LogP) is 4.29. The van der Waals surface area contributed by atoms with Gasteiger partial charge < -0.3 is 4.98 Å². The van der Waals surface area contributed by atoms with Crippen molar-refractivity contribution in [2.24, 2.45) is 0 Å². The third-order valence-electron chi connectivity index (χ3n) is 3.54. The summed E-state index contributed by atoms with van der Waals surface area (Å²) in [5.41, 5.74) is 5.75. The molecule has 0 amide bonds. The smallest absolute Gasteiger partial charge is 0.138 e. The summed E-state index contributed by atoms with van der Waals surface area (Å²) in [5.74, 6) is 0.504. The Morgan fingerprint density at radius 1 is 0.947 bits per heavy atom. The second-order valence-electron chi connectivity index (χ2n) is 5.00. The molecular weight excluding hydrogens is 239 g/mol. The molecule has 0 aliphatic carbocycles. The summed E-state index contributed by atoms with van der Waals surface area (Å²) < 4.78 is 13.6. The molecule has 0 saturated heterocycles. The van der Waals surface area contributed by atoms with E-state index in [9.17, 15) is 4.39 Å². The fourth-order valence-corrected chi connectivity index (χ4v) is 2.15. The van der Waals surface area contributed by atoms with Crippen LogP contribution in [-0.4, -0.2) is 9.97 Å². The molecule has 3 aromatic rings. The van der Waals surface area contributed by atoms with Gasteiger partial charge in [0, 0.05) is 5.56 Å². The van der Waals surface area contributed by atoms with Crippen molar-refractivity contribution in [2.75, 3.05) is 0 Å². The summed E-state index contributed by atoms with van der Waals surface area (Å²) in [6.07, 6.45) is 0. The molecule has 0 aliphatic rings. The molecule has 0 fully saturated rings. The number of imidazole rings is 1. The summed E-state index contributed by atoms with van der Waals surface area (Å²) in [7, 11) is 0. The summed E-state index contributed by atoms with van der Waals surface area (Å²) in [6.45, 7) is 5.89. The number of benzene rings is 2. The van der Waals surface area contributed by atoms with Crippen LogP contribution in [-0.2, 0) is 0 Å². The van der Waals surface area contributed by atoms with Crippen molar-refractivity contribution in [2.45, 2.75) is 20.8 Å². The van der Waals surface area contributed by atoms with Gasteiger partial charge in [0.15, 0.2) is 0 Å². The lowest BCUT2D eigenvalue weighted by atomic mass is 10.1. The first-order chi connectivity index (χ1) is 9.04. The highest BCUT2D eigenvalue weighted by Crippen LogP contribution is 2.24. The van der Waals surface area contributed by atoms with Crippen LogP contribution in [0.25, 0.3) is 22.4 Å². The lowest BCUT2D eigenvalue weighted by Gasteiger charge is -1.99. The average Bonchev–Trinajstić information content (AvgIpc) is 2.76. The maximum Gasteiger partial charge on any atom is 0.138 e. The standard InChI is InChI=1S/C16H15FN2/c1-9-4-5-12(8-13(9)17)16-18-14-6-10(2)11(3)7-15(14)19-16/h4-8H,1-3H3,(H,18,19). The normalized spacial score (nSPS) is 11.2. The Hall–Kier alpha value is -2.16. The number of hydrogen-bond acceptors (Lipinski definition) is 1. The zero-order valence-corrected chi connectivity index (χ0v) is 11.2. The molecule has 0 saturated carbocycles. The number of halogens is 1. The molecule has 3 rings (SSSR count). The van der Waals surface area contributed by atoms with Gasteiger partial charge in [0.05, 0.1) is 11.0 Å². The number of nitrogens with one attached hydrogen (secondary N) is 1. The second kappa shape index (κ2) is 4.19. The van der Waals surface area contributed by atoms with Gasteiger partial charge >= 0.3 is 0 Å². The topological polar surface area (TPSA) is 28.7 Å². The maximum atomic E-state index is 13.6. The first-order valence-corrected chi connectivity index (χ1v) is 6.28. The van der Waals surface area contributed by atoms with Crippen LogP contribution in [0.3, 0.4) is 0 Å². The van der Waals surface area contributed by atoms with Gasteiger partial charge in [0.25, 0.3) is 0 Å². The van der Waals surface area contributed by atoms with Crippen molar-refractivity contribution < 1.29 is 4.39 Å². The molecular formula is C16H15FN2. The number of fused-ring (bicyclic) bond motifs is 1. The van der Waals surface area contributed by atoms with E-state index in [0.717, 1.165) is 16.6 Å². The third kappa shape index (κ3) is 2.01. The Balaban J connectivity index is 2.17. The molecule has 1 aromatic heterocycles. The Morgan fingerprint density at radius 2 is 1.68 bits per heavy atom. The summed E-state index contributed by atoms with van der Waals surface area (Å²) >= 11 is 0. The van der Waals surface area contributed by atoms with Gasteiger partial charge in [0.1, 0.15) is 11.6 Å². The van der Waals surface area contributed by atoms with Crippen LogP contribution in [0, 0.1) is 26.6 Å². The second-order valence-corrected chi connectivity index (χ2v) is 5.00. The van der Waals surface area contributed by atoms with E-state index < -0.39 is 0 Å². The predicted molar refractivity (Wildman–Crippen MR) is 75.7 cm³/mol. The summed E-state index contributed by atoms with van der Waals surface area (Å²) in [5, 5.41) is 0. The summed E-state index contributed by atoms with van der Waals surface area (Å²) in [4.78, 5) is 7.78. The minimum atomic E-state index is -0.203. The van der Waals surface area contributed by atoms with E-state index in [1.165, 1.54) is 17.2 Å². The van der Waals surface area contributed by atoms with Gasteiger partial charge in [-0.1, -0.05) is 12.1 Å². The molecule has 0 aliphatic heterocycles. The fraction of sp³-hybridized carbons (Fsp3) is 0.188. The molecule has 1 N–H and O–H groups in total. The van der Waals surface area contributed by atoms with E-state index in [4.69, 9.17) is 0 Å². The van der Waals surface area contributed by atoms with Crippen molar-refractivity contribution in [1.29, 1.82) is 0 Å². The quantitative estimate of drug-likeness (QED) is 0.689. The minimum Gasteiger partial charge on any atom is -0.338 e. The van der Waals surface area contributed by atoms with Crippen LogP contribution in [0.15, 0.2) is 30.3 Å². The zero-order chi connectivity index (χ0) is 13.6. The molecule has 0 radical (unpaired) electrons. The van der Waals surface area contributed by atoms with Crippen LogP contribution in [0.4, 0.5) is 4.39 Å². The molecule has 96 valence electrons. The lowest BCUT2D eigenvalue weighted by Crippen LogP contribution is -1.85. The Morgan fingerprint density at radius 3 is 2.42 bits per heavy atom. The number of nitrogens with zero attached hydrogens (tertiary/aromatic N) is 1. The van der Waals surface area contributed by atoms with Crippen molar-refractivity contribution in [1.82, 2.24) is 9.97 Å². The van der Waals surface area contributed by atoms with E-state index in [-0.39, 0.29) is 5.82 Å². The number of H-pyrrole nitrogens is 1. The molecule has 0 spiro atoms. The largest absolute Gasteiger partial charge is 0.338 e. The molecule has 19 heavy (non-hydrogen) atoms. The molecule has 0 unspecified atom stereocenters. The van der Waals surface area contributed by atoms with Gasteiger partial charge in [-0.15, -0.1) is 0 Å². The number of rotatable bonds is 1. The minimum absolute atomic E-state index is 0.203. The van der Waals surface area contributed by atoms with Crippen LogP contribution in [0.5, 0.6) is 0 Å². The van der Waals surface area contributed by atoms with Crippen molar-refractivity contribution >= 4 is 11.0 Å². The maximum absolute atomic E-state index is 13.6. The van der Waals surface area contributed by atoms with E-state index in [2.05, 4.69) is 35.9 Å². The number of hydrogen-bond donors (Lipinski definition) is 1.